The van der Waals surface area contributed by atoms with E-state index in [1.54, 1.807) is 11.3 Å². The summed E-state index contributed by atoms with van der Waals surface area (Å²) in [6.45, 7) is 5.18. The van der Waals surface area contributed by atoms with E-state index in [-0.39, 0.29) is 6.04 Å². The van der Waals surface area contributed by atoms with Crippen molar-refractivity contribution in [1.29, 1.82) is 0 Å². The Morgan fingerprint density at radius 3 is 3.06 bits per heavy atom. The first kappa shape index (κ1) is 11.9. The highest BCUT2D eigenvalue weighted by atomic mass is 32.1. The first-order chi connectivity index (χ1) is 8.65. The molecule has 0 bridgehead atoms. The Morgan fingerprint density at radius 1 is 1.50 bits per heavy atom. The predicted octanol–water partition coefficient (Wildman–Crippen LogP) is 2.95. The van der Waals surface area contributed by atoms with Crippen LogP contribution in [0.3, 0.4) is 0 Å². The summed E-state index contributed by atoms with van der Waals surface area (Å²) in [6.07, 6.45) is 5.48. The molecule has 2 N–H and O–H groups in total. The quantitative estimate of drug-likeness (QED) is 0.903. The van der Waals surface area contributed by atoms with Crippen molar-refractivity contribution in [3.63, 3.8) is 0 Å². The fourth-order valence-electron chi connectivity index (χ4n) is 2.85. The Bertz CT molecular complexity index is 568. The van der Waals surface area contributed by atoms with Crippen LogP contribution in [0.2, 0.25) is 0 Å². The van der Waals surface area contributed by atoms with Gasteiger partial charge in [0.15, 0.2) is 0 Å². The lowest BCUT2D eigenvalue weighted by molar-refractivity contribution is 0.547. The Kier molecular flexibility index (Phi) is 2.99. The predicted molar refractivity (Wildman–Crippen MR) is 75.0 cm³/mol. The Labute approximate surface area is 112 Å². The highest BCUT2D eigenvalue weighted by Gasteiger charge is 2.22. The van der Waals surface area contributed by atoms with E-state index in [1.807, 2.05) is 6.20 Å². The largest absolute Gasteiger partial charge is 0.343 e. The fourth-order valence-corrected chi connectivity index (χ4v) is 3.64. The SMILES string of the molecule is Cc1ncc(Cn2c(C)cc3c2CCCC3N)s1. The highest BCUT2D eigenvalue weighted by Crippen LogP contribution is 2.31. The highest BCUT2D eigenvalue weighted by molar-refractivity contribution is 7.11. The van der Waals surface area contributed by atoms with E-state index in [9.17, 15) is 0 Å². The maximum Gasteiger partial charge on any atom is 0.0897 e. The molecule has 0 aromatic carbocycles. The van der Waals surface area contributed by atoms with Crippen LogP contribution in [-0.4, -0.2) is 9.55 Å². The number of fused-ring (bicyclic) bond motifs is 1. The first-order valence-electron chi connectivity index (χ1n) is 6.51. The maximum atomic E-state index is 6.20. The van der Waals surface area contributed by atoms with Gasteiger partial charge >= 0.3 is 0 Å². The van der Waals surface area contributed by atoms with Gasteiger partial charge in [0.1, 0.15) is 0 Å². The number of aromatic nitrogens is 2. The normalized spacial score (nSPS) is 18.9. The molecule has 0 fully saturated rings. The molecule has 0 amide bonds. The minimum atomic E-state index is 0.233. The van der Waals surface area contributed by atoms with Gasteiger partial charge in [0, 0.05) is 28.5 Å². The van der Waals surface area contributed by atoms with Crippen molar-refractivity contribution >= 4 is 11.3 Å². The minimum absolute atomic E-state index is 0.233. The third-order valence-corrected chi connectivity index (χ3v) is 4.66. The molecule has 4 heteroatoms. The lowest BCUT2D eigenvalue weighted by Crippen LogP contribution is -2.18. The number of rotatable bonds is 2. The Hall–Kier alpha value is -1.13. The smallest absolute Gasteiger partial charge is 0.0897 e. The topological polar surface area (TPSA) is 43.8 Å². The van der Waals surface area contributed by atoms with Gasteiger partial charge in [-0.15, -0.1) is 11.3 Å². The average molecular weight is 261 g/mol. The standard InChI is InChI=1S/C14H19N3S/c1-9-6-12-13(15)4-3-5-14(12)17(9)8-11-7-16-10(2)18-11/h6-7,13H,3-5,8,15H2,1-2H3. The summed E-state index contributed by atoms with van der Waals surface area (Å²) in [4.78, 5) is 5.66. The molecule has 1 unspecified atom stereocenters. The second-order valence-electron chi connectivity index (χ2n) is 5.12. The van der Waals surface area contributed by atoms with E-state index >= 15 is 0 Å². The van der Waals surface area contributed by atoms with Crippen LogP contribution in [0.25, 0.3) is 0 Å². The molecule has 1 atom stereocenters. The molecule has 0 aliphatic heterocycles. The zero-order valence-corrected chi connectivity index (χ0v) is 11.8. The molecule has 2 heterocycles. The van der Waals surface area contributed by atoms with Crippen LogP contribution in [0, 0.1) is 13.8 Å². The number of aryl methyl sites for hydroxylation is 2. The molecule has 0 spiro atoms. The monoisotopic (exact) mass is 261 g/mol. The molecule has 1 aliphatic carbocycles. The van der Waals surface area contributed by atoms with Gasteiger partial charge in [-0.2, -0.15) is 0 Å². The van der Waals surface area contributed by atoms with Crippen molar-refractivity contribution in [3.8, 4) is 0 Å². The summed E-state index contributed by atoms with van der Waals surface area (Å²) in [5.74, 6) is 0. The van der Waals surface area contributed by atoms with E-state index in [0.29, 0.717) is 0 Å². The summed E-state index contributed by atoms with van der Waals surface area (Å²) in [6, 6.07) is 2.50. The summed E-state index contributed by atoms with van der Waals surface area (Å²) >= 11 is 1.78. The van der Waals surface area contributed by atoms with Crippen LogP contribution >= 0.6 is 11.3 Å². The van der Waals surface area contributed by atoms with Crippen molar-refractivity contribution in [1.82, 2.24) is 9.55 Å². The molecular weight excluding hydrogens is 242 g/mol. The van der Waals surface area contributed by atoms with Gasteiger partial charge in [-0.25, -0.2) is 4.98 Å². The summed E-state index contributed by atoms with van der Waals surface area (Å²) < 4.78 is 2.42. The number of nitrogens with two attached hydrogens (primary N) is 1. The van der Waals surface area contributed by atoms with Gasteiger partial charge in [0.25, 0.3) is 0 Å². The number of hydrogen-bond acceptors (Lipinski definition) is 3. The van der Waals surface area contributed by atoms with Gasteiger partial charge in [0.05, 0.1) is 11.6 Å². The zero-order chi connectivity index (χ0) is 12.7. The molecule has 3 nitrogen and oxygen atoms in total. The van der Waals surface area contributed by atoms with E-state index < -0.39 is 0 Å². The second kappa shape index (κ2) is 4.52. The van der Waals surface area contributed by atoms with E-state index in [1.165, 1.54) is 28.2 Å². The van der Waals surface area contributed by atoms with E-state index in [2.05, 4.69) is 29.5 Å². The van der Waals surface area contributed by atoms with Crippen molar-refractivity contribution in [3.05, 3.63) is 39.1 Å². The maximum absolute atomic E-state index is 6.20. The van der Waals surface area contributed by atoms with Crippen LogP contribution in [-0.2, 0) is 13.0 Å². The van der Waals surface area contributed by atoms with Gasteiger partial charge in [-0.1, -0.05) is 0 Å². The number of nitrogens with zero attached hydrogens (tertiary/aromatic N) is 2. The minimum Gasteiger partial charge on any atom is -0.343 e. The summed E-state index contributed by atoms with van der Waals surface area (Å²) in [5.41, 5.74) is 10.3. The molecule has 96 valence electrons. The van der Waals surface area contributed by atoms with Gasteiger partial charge < -0.3 is 10.3 Å². The lowest BCUT2D eigenvalue weighted by atomic mass is 9.93. The molecule has 2 aromatic rings. The summed E-state index contributed by atoms with van der Waals surface area (Å²) in [5, 5.41) is 1.14. The molecule has 0 saturated heterocycles. The summed E-state index contributed by atoms with van der Waals surface area (Å²) in [7, 11) is 0. The Balaban J connectivity index is 1.97. The molecule has 0 saturated carbocycles. The second-order valence-corrected chi connectivity index (χ2v) is 6.44. The van der Waals surface area contributed by atoms with Gasteiger partial charge in [-0.05, 0) is 44.7 Å². The molecule has 18 heavy (non-hydrogen) atoms. The molecular formula is C14H19N3S. The van der Waals surface area contributed by atoms with Crippen molar-refractivity contribution in [2.24, 2.45) is 5.73 Å². The van der Waals surface area contributed by atoms with Gasteiger partial charge in [-0.3, -0.25) is 0 Å². The number of thiazole rings is 1. The van der Waals surface area contributed by atoms with Crippen molar-refractivity contribution < 1.29 is 0 Å². The first-order valence-corrected chi connectivity index (χ1v) is 7.32. The van der Waals surface area contributed by atoms with Gasteiger partial charge in [0.2, 0.25) is 0 Å². The molecule has 3 rings (SSSR count). The fraction of sp³-hybridized carbons (Fsp3) is 0.500. The molecule has 0 radical (unpaired) electrons. The van der Waals surface area contributed by atoms with E-state index in [0.717, 1.165) is 24.4 Å². The molecule has 2 aromatic heterocycles. The molecule has 1 aliphatic rings. The third kappa shape index (κ3) is 1.99. The third-order valence-electron chi connectivity index (χ3n) is 3.76. The van der Waals surface area contributed by atoms with Crippen molar-refractivity contribution in [2.75, 3.05) is 0 Å². The average Bonchev–Trinajstić information content (AvgIpc) is 2.87. The zero-order valence-electron chi connectivity index (χ0n) is 10.9. The number of hydrogen-bond donors (Lipinski definition) is 1. The van der Waals surface area contributed by atoms with Crippen molar-refractivity contribution in [2.45, 2.75) is 45.7 Å². The van der Waals surface area contributed by atoms with Crippen LogP contribution in [0.4, 0.5) is 0 Å². The van der Waals surface area contributed by atoms with Crippen LogP contribution in [0.5, 0.6) is 0 Å². The Morgan fingerprint density at radius 2 is 2.33 bits per heavy atom. The van der Waals surface area contributed by atoms with Crippen LogP contribution in [0.1, 0.15) is 45.7 Å². The van der Waals surface area contributed by atoms with Crippen LogP contribution in [0.15, 0.2) is 12.3 Å². The van der Waals surface area contributed by atoms with Crippen LogP contribution < -0.4 is 5.73 Å². The lowest BCUT2D eigenvalue weighted by Gasteiger charge is -2.21. The van der Waals surface area contributed by atoms with E-state index in [4.69, 9.17) is 5.73 Å².